The summed E-state index contributed by atoms with van der Waals surface area (Å²) >= 11 is 0. The van der Waals surface area contributed by atoms with Crippen molar-refractivity contribution in [3.05, 3.63) is 90.5 Å². The van der Waals surface area contributed by atoms with Gasteiger partial charge in [-0.25, -0.2) is 5.43 Å². The van der Waals surface area contributed by atoms with E-state index in [9.17, 15) is 4.79 Å². The van der Waals surface area contributed by atoms with Gasteiger partial charge in [-0.2, -0.15) is 5.10 Å². The number of para-hydroxylation sites is 1. The van der Waals surface area contributed by atoms with Crippen LogP contribution in [0.25, 0.3) is 10.8 Å². The molecule has 0 aliphatic carbocycles. The summed E-state index contributed by atoms with van der Waals surface area (Å²) in [4.78, 5) is 12.2. The summed E-state index contributed by atoms with van der Waals surface area (Å²) in [5, 5.41) is 6.26. The Bertz CT molecular complexity index is 942. The van der Waals surface area contributed by atoms with Gasteiger partial charge in [-0.15, -0.1) is 0 Å². The van der Waals surface area contributed by atoms with E-state index in [-0.39, 0.29) is 12.3 Å². The number of rotatable bonds is 7. The first-order valence-electron chi connectivity index (χ1n) is 8.39. The predicted molar refractivity (Wildman–Crippen MR) is 106 cm³/mol. The van der Waals surface area contributed by atoms with Gasteiger partial charge in [0.2, 0.25) is 5.91 Å². The molecule has 0 aromatic heterocycles. The van der Waals surface area contributed by atoms with Gasteiger partial charge in [-0.05, 0) is 28.5 Å². The van der Waals surface area contributed by atoms with Crippen LogP contribution in [0.3, 0.4) is 0 Å². The van der Waals surface area contributed by atoms with Crippen molar-refractivity contribution in [2.24, 2.45) is 5.10 Å². The minimum absolute atomic E-state index is 0.165. The van der Waals surface area contributed by atoms with Gasteiger partial charge >= 0.3 is 0 Å². The quantitative estimate of drug-likeness (QED) is 0.399. The Morgan fingerprint density at radius 3 is 2.69 bits per heavy atom. The second-order valence-corrected chi connectivity index (χ2v) is 5.75. The molecule has 3 aromatic rings. The molecule has 1 N–H and O–H groups in total. The van der Waals surface area contributed by atoms with Crippen LogP contribution in [0.1, 0.15) is 11.1 Å². The van der Waals surface area contributed by atoms with E-state index in [4.69, 9.17) is 4.74 Å². The number of nitrogens with zero attached hydrogens (tertiary/aromatic N) is 1. The maximum atomic E-state index is 12.2. The van der Waals surface area contributed by atoms with E-state index >= 15 is 0 Å². The number of ether oxygens (including phenoxy) is 1. The second-order valence-electron chi connectivity index (χ2n) is 5.75. The average molecular weight is 344 g/mol. The van der Waals surface area contributed by atoms with Gasteiger partial charge < -0.3 is 4.74 Å². The van der Waals surface area contributed by atoms with Crippen LogP contribution in [0.4, 0.5) is 0 Å². The number of benzene rings is 3. The fourth-order valence-corrected chi connectivity index (χ4v) is 2.70. The molecule has 0 atom stereocenters. The van der Waals surface area contributed by atoms with E-state index in [1.54, 1.807) is 12.3 Å². The third-order valence-electron chi connectivity index (χ3n) is 3.90. The summed E-state index contributed by atoms with van der Waals surface area (Å²) in [6.45, 7) is 4.05. The SMILES string of the molecule is C=CCOc1ccccc1/C=N/NC(=O)Cc1cccc2ccccc12. The van der Waals surface area contributed by atoms with E-state index in [0.717, 1.165) is 21.9 Å². The Morgan fingerprint density at radius 2 is 1.81 bits per heavy atom. The Balaban J connectivity index is 1.66. The first kappa shape index (κ1) is 17.4. The predicted octanol–water partition coefficient (Wildman–Crippen LogP) is 4.10. The highest BCUT2D eigenvalue weighted by Gasteiger charge is 2.06. The van der Waals surface area contributed by atoms with Gasteiger partial charge in [0.05, 0.1) is 12.6 Å². The van der Waals surface area contributed by atoms with Gasteiger partial charge in [0.15, 0.2) is 0 Å². The van der Waals surface area contributed by atoms with Crippen LogP contribution >= 0.6 is 0 Å². The number of nitrogens with one attached hydrogen (secondary N) is 1. The summed E-state index contributed by atoms with van der Waals surface area (Å²) in [6.07, 6.45) is 3.53. The molecule has 0 radical (unpaired) electrons. The summed E-state index contributed by atoms with van der Waals surface area (Å²) in [5.41, 5.74) is 4.35. The largest absolute Gasteiger partial charge is 0.489 e. The third kappa shape index (κ3) is 4.36. The van der Waals surface area contributed by atoms with Crippen LogP contribution in [-0.4, -0.2) is 18.7 Å². The number of hydrazone groups is 1. The molecule has 3 rings (SSSR count). The van der Waals surface area contributed by atoms with Gasteiger partial charge in [0, 0.05) is 5.56 Å². The number of amides is 1. The fourth-order valence-electron chi connectivity index (χ4n) is 2.70. The summed E-state index contributed by atoms with van der Waals surface area (Å²) in [6, 6.07) is 21.5. The zero-order valence-electron chi connectivity index (χ0n) is 14.4. The molecule has 0 saturated heterocycles. The molecule has 0 spiro atoms. The molecule has 4 nitrogen and oxygen atoms in total. The zero-order chi connectivity index (χ0) is 18.2. The van der Waals surface area contributed by atoms with Gasteiger partial charge in [0.25, 0.3) is 0 Å². The topological polar surface area (TPSA) is 50.7 Å². The van der Waals surface area contributed by atoms with Gasteiger partial charge in [-0.3, -0.25) is 4.79 Å². The van der Waals surface area contributed by atoms with Crippen molar-refractivity contribution >= 4 is 22.9 Å². The van der Waals surface area contributed by atoms with Crippen LogP contribution in [0.5, 0.6) is 5.75 Å². The van der Waals surface area contributed by atoms with E-state index in [1.165, 1.54) is 0 Å². The lowest BCUT2D eigenvalue weighted by atomic mass is 10.0. The lowest BCUT2D eigenvalue weighted by Crippen LogP contribution is -2.20. The van der Waals surface area contributed by atoms with Crippen LogP contribution in [0.2, 0.25) is 0 Å². The smallest absolute Gasteiger partial charge is 0.244 e. The Hall–Kier alpha value is -3.40. The molecule has 0 saturated carbocycles. The molecule has 1 amide bonds. The molecule has 0 bridgehead atoms. The van der Waals surface area contributed by atoms with Gasteiger partial charge in [0.1, 0.15) is 12.4 Å². The summed E-state index contributed by atoms with van der Waals surface area (Å²) in [5.74, 6) is 0.529. The summed E-state index contributed by atoms with van der Waals surface area (Å²) in [7, 11) is 0. The van der Waals surface area contributed by atoms with Crippen molar-refractivity contribution in [3.8, 4) is 5.75 Å². The highest BCUT2D eigenvalue weighted by molar-refractivity contribution is 5.91. The average Bonchev–Trinajstić information content (AvgIpc) is 2.67. The fraction of sp³-hybridized carbons (Fsp3) is 0.0909. The highest BCUT2D eigenvalue weighted by Crippen LogP contribution is 2.19. The van der Waals surface area contributed by atoms with E-state index in [2.05, 4.69) is 17.1 Å². The summed E-state index contributed by atoms with van der Waals surface area (Å²) < 4.78 is 5.57. The number of carbonyl (C=O) groups is 1. The molecule has 130 valence electrons. The van der Waals surface area contributed by atoms with Gasteiger partial charge in [-0.1, -0.05) is 67.3 Å². The Labute approximate surface area is 152 Å². The molecular weight excluding hydrogens is 324 g/mol. The standard InChI is InChI=1S/C22H20N2O2/c1-2-14-26-21-13-6-4-9-19(21)16-23-24-22(25)15-18-11-7-10-17-8-3-5-12-20(17)18/h2-13,16H,1,14-15H2,(H,24,25)/b23-16+. The maximum Gasteiger partial charge on any atom is 0.244 e. The molecule has 3 aromatic carbocycles. The molecule has 0 unspecified atom stereocenters. The number of carbonyl (C=O) groups excluding carboxylic acids is 1. The van der Waals surface area contributed by atoms with Crippen molar-refractivity contribution in [1.29, 1.82) is 0 Å². The van der Waals surface area contributed by atoms with Crippen LogP contribution in [-0.2, 0) is 11.2 Å². The lowest BCUT2D eigenvalue weighted by molar-refractivity contribution is -0.120. The van der Waals surface area contributed by atoms with E-state index in [0.29, 0.717) is 12.4 Å². The lowest BCUT2D eigenvalue weighted by Gasteiger charge is -2.07. The van der Waals surface area contributed by atoms with Crippen molar-refractivity contribution in [1.82, 2.24) is 5.43 Å². The highest BCUT2D eigenvalue weighted by atomic mass is 16.5. The van der Waals surface area contributed by atoms with Crippen LogP contribution in [0, 0.1) is 0 Å². The first-order chi connectivity index (χ1) is 12.8. The number of hydrogen-bond donors (Lipinski definition) is 1. The molecule has 26 heavy (non-hydrogen) atoms. The van der Waals surface area contributed by atoms with Crippen molar-refractivity contribution in [3.63, 3.8) is 0 Å². The molecule has 0 heterocycles. The molecule has 0 aliphatic heterocycles. The van der Waals surface area contributed by atoms with Crippen LogP contribution in [0.15, 0.2) is 84.5 Å². The molecule has 4 heteroatoms. The second kappa shape index (κ2) is 8.62. The van der Waals surface area contributed by atoms with Crippen molar-refractivity contribution in [2.45, 2.75) is 6.42 Å². The minimum atomic E-state index is -0.165. The Kier molecular flexibility index (Phi) is 5.78. The molecule has 0 fully saturated rings. The van der Waals surface area contributed by atoms with Crippen molar-refractivity contribution in [2.75, 3.05) is 6.61 Å². The zero-order valence-corrected chi connectivity index (χ0v) is 14.4. The van der Waals surface area contributed by atoms with Crippen LogP contribution < -0.4 is 10.2 Å². The number of fused-ring (bicyclic) bond motifs is 1. The maximum absolute atomic E-state index is 12.2. The minimum Gasteiger partial charge on any atom is -0.489 e. The third-order valence-corrected chi connectivity index (χ3v) is 3.90. The number of hydrogen-bond acceptors (Lipinski definition) is 3. The normalized spacial score (nSPS) is 10.8. The van der Waals surface area contributed by atoms with E-state index in [1.807, 2.05) is 66.7 Å². The monoisotopic (exact) mass is 344 g/mol. The molecular formula is C22H20N2O2. The Morgan fingerprint density at radius 1 is 1.04 bits per heavy atom. The molecule has 0 aliphatic rings. The van der Waals surface area contributed by atoms with Crippen molar-refractivity contribution < 1.29 is 9.53 Å². The van der Waals surface area contributed by atoms with E-state index < -0.39 is 0 Å². The first-order valence-corrected chi connectivity index (χ1v) is 8.39.